The molecule has 0 atom stereocenters. The van der Waals surface area contributed by atoms with Crippen molar-refractivity contribution < 1.29 is 4.79 Å². The van der Waals surface area contributed by atoms with Crippen LogP contribution in [0.15, 0.2) is 36.4 Å². The van der Waals surface area contributed by atoms with Crippen molar-refractivity contribution >= 4 is 16.7 Å². The summed E-state index contributed by atoms with van der Waals surface area (Å²) in [5, 5.41) is 5.66. The summed E-state index contributed by atoms with van der Waals surface area (Å²) >= 11 is 0. The van der Waals surface area contributed by atoms with Gasteiger partial charge in [-0.3, -0.25) is 4.79 Å². The predicted molar refractivity (Wildman–Crippen MR) is 80.9 cm³/mol. The zero-order valence-corrected chi connectivity index (χ0v) is 11.8. The lowest BCUT2D eigenvalue weighted by Gasteiger charge is -2.13. The normalized spacial score (nSPS) is 14.4. The molecule has 4 rings (SSSR count). The van der Waals surface area contributed by atoms with Gasteiger partial charge in [0, 0.05) is 11.8 Å². The summed E-state index contributed by atoms with van der Waals surface area (Å²) in [5.74, 6) is 0.994. The van der Waals surface area contributed by atoms with Crippen LogP contribution < -0.4 is 0 Å². The van der Waals surface area contributed by atoms with Gasteiger partial charge in [-0.1, -0.05) is 18.2 Å². The van der Waals surface area contributed by atoms with E-state index in [4.69, 9.17) is 0 Å². The van der Waals surface area contributed by atoms with Crippen molar-refractivity contribution in [3.63, 3.8) is 0 Å². The molecule has 0 N–H and O–H groups in total. The molecule has 21 heavy (non-hydrogen) atoms. The van der Waals surface area contributed by atoms with Gasteiger partial charge in [0.1, 0.15) is 0 Å². The minimum Gasteiger partial charge on any atom is -0.294 e. The highest BCUT2D eigenvalue weighted by atomic mass is 16.1. The molecule has 4 nitrogen and oxygen atoms in total. The first-order valence-corrected chi connectivity index (χ1v) is 7.22. The molecule has 1 aliphatic rings. The number of ketones is 1. The summed E-state index contributed by atoms with van der Waals surface area (Å²) in [7, 11) is 0. The topological polar surface area (TPSA) is 47.8 Å². The molecule has 4 heteroatoms. The van der Waals surface area contributed by atoms with Crippen LogP contribution in [0.1, 0.15) is 34.6 Å². The van der Waals surface area contributed by atoms with E-state index in [1.165, 1.54) is 0 Å². The van der Waals surface area contributed by atoms with E-state index in [2.05, 4.69) is 10.1 Å². The third-order valence-electron chi connectivity index (χ3n) is 4.05. The number of benzene rings is 1. The summed E-state index contributed by atoms with van der Waals surface area (Å²) in [6.45, 7) is 1.90. The maximum atomic E-state index is 12.1. The summed E-state index contributed by atoms with van der Waals surface area (Å²) < 4.78 is 1.84. The first-order valence-electron chi connectivity index (χ1n) is 7.22. The number of Topliss-reactive ketones (excluding diaryl/α,β-unsaturated/α-hetero) is 1. The van der Waals surface area contributed by atoms with E-state index < -0.39 is 0 Å². The van der Waals surface area contributed by atoms with Gasteiger partial charge in [-0.2, -0.15) is 5.10 Å². The highest BCUT2D eigenvalue weighted by Crippen LogP contribution is 2.26. The highest BCUT2D eigenvalue weighted by molar-refractivity contribution is 5.99. The molecule has 0 aliphatic heterocycles. The maximum Gasteiger partial charge on any atom is 0.166 e. The number of carbonyl (C=O) groups excluding carboxylic acids is 1. The Kier molecular flexibility index (Phi) is 2.64. The molecule has 2 aromatic heterocycles. The Balaban J connectivity index is 1.93. The molecular weight excluding hydrogens is 262 g/mol. The molecule has 0 radical (unpaired) electrons. The fourth-order valence-electron chi connectivity index (χ4n) is 3.07. The third kappa shape index (κ3) is 1.87. The first-order chi connectivity index (χ1) is 10.2. The van der Waals surface area contributed by atoms with Gasteiger partial charge in [0.05, 0.1) is 22.5 Å². The van der Waals surface area contributed by atoms with E-state index in [9.17, 15) is 4.79 Å². The van der Waals surface area contributed by atoms with Gasteiger partial charge in [-0.05, 0) is 38.0 Å². The molecule has 0 bridgehead atoms. The first kappa shape index (κ1) is 12.3. The van der Waals surface area contributed by atoms with Gasteiger partial charge in [-0.25, -0.2) is 9.67 Å². The number of nitrogens with zero attached hydrogens (tertiary/aromatic N) is 3. The lowest BCUT2D eigenvalue weighted by atomic mass is 9.95. The van der Waals surface area contributed by atoms with Crippen molar-refractivity contribution in [3.8, 4) is 5.82 Å². The highest BCUT2D eigenvalue weighted by Gasteiger charge is 2.25. The van der Waals surface area contributed by atoms with Gasteiger partial charge in [0.25, 0.3) is 0 Å². The second kappa shape index (κ2) is 4.52. The van der Waals surface area contributed by atoms with E-state index in [1.54, 1.807) is 0 Å². The molecular formula is C17H15N3O. The molecule has 104 valence electrons. The van der Waals surface area contributed by atoms with Gasteiger partial charge in [0.15, 0.2) is 11.6 Å². The van der Waals surface area contributed by atoms with Crippen LogP contribution in [0.25, 0.3) is 16.7 Å². The summed E-state index contributed by atoms with van der Waals surface area (Å²) in [4.78, 5) is 16.8. The zero-order valence-electron chi connectivity index (χ0n) is 11.8. The number of hydrogen-bond acceptors (Lipinski definition) is 3. The van der Waals surface area contributed by atoms with Gasteiger partial charge in [-0.15, -0.1) is 0 Å². The number of hydrogen-bond donors (Lipinski definition) is 0. The van der Waals surface area contributed by atoms with Gasteiger partial charge < -0.3 is 0 Å². The van der Waals surface area contributed by atoms with Gasteiger partial charge in [0.2, 0.25) is 0 Å². The molecule has 0 saturated heterocycles. The SMILES string of the molecule is Cc1nn(-c2ccc3ccccc3n2)c2c1C(=O)CCC2. The number of fused-ring (bicyclic) bond motifs is 2. The zero-order chi connectivity index (χ0) is 14.4. The van der Waals surface area contributed by atoms with E-state index in [-0.39, 0.29) is 5.78 Å². The van der Waals surface area contributed by atoms with Crippen molar-refractivity contribution in [2.45, 2.75) is 26.2 Å². The minimum atomic E-state index is 0.209. The van der Waals surface area contributed by atoms with Crippen molar-refractivity contribution in [2.75, 3.05) is 0 Å². The molecule has 0 amide bonds. The average Bonchev–Trinajstić information content (AvgIpc) is 2.85. The lowest BCUT2D eigenvalue weighted by Crippen LogP contribution is -2.13. The quantitative estimate of drug-likeness (QED) is 0.686. The van der Waals surface area contributed by atoms with Crippen LogP contribution in [0.3, 0.4) is 0 Å². The number of aryl methyl sites for hydroxylation is 1. The standard InChI is InChI=1S/C17H15N3O/c1-11-17-14(7-4-8-15(17)21)20(19-11)16-10-9-12-5-2-3-6-13(12)18-16/h2-3,5-6,9-10H,4,7-8H2,1H3. The van der Waals surface area contributed by atoms with E-state index in [0.29, 0.717) is 6.42 Å². The average molecular weight is 277 g/mol. The van der Waals surface area contributed by atoms with Crippen LogP contribution in [0.2, 0.25) is 0 Å². The molecule has 0 fully saturated rings. The number of aromatic nitrogens is 3. The Labute approximate surface area is 122 Å². The summed E-state index contributed by atoms with van der Waals surface area (Å²) in [5.41, 5.74) is 3.56. The predicted octanol–water partition coefficient (Wildman–Crippen LogP) is 3.25. The van der Waals surface area contributed by atoms with Crippen LogP contribution in [-0.4, -0.2) is 20.5 Å². The Morgan fingerprint density at radius 3 is 2.86 bits per heavy atom. The van der Waals surface area contributed by atoms with Crippen molar-refractivity contribution in [1.82, 2.24) is 14.8 Å². The Bertz CT molecular complexity index is 864. The number of pyridine rings is 1. The molecule has 3 aromatic rings. The van der Waals surface area contributed by atoms with E-state index in [1.807, 2.05) is 48.0 Å². The van der Waals surface area contributed by atoms with E-state index in [0.717, 1.165) is 46.5 Å². The smallest absolute Gasteiger partial charge is 0.166 e. The minimum absolute atomic E-state index is 0.209. The molecule has 0 unspecified atom stereocenters. The van der Waals surface area contributed by atoms with Gasteiger partial charge >= 0.3 is 0 Å². The molecule has 1 aromatic carbocycles. The van der Waals surface area contributed by atoms with Crippen LogP contribution in [0.5, 0.6) is 0 Å². The largest absolute Gasteiger partial charge is 0.294 e. The Morgan fingerprint density at radius 1 is 1.10 bits per heavy atom. The van der Waals surface area contributed by atoms with Crippen LogP contribution in [0, 0.1) is 6.92 Å². The second-order valence-corrected chi connectivity index (χ2v) is 5.46. The van der Waals surface area contributed by atoms with E-state index >= 15 is 0 Å². The number of carbonyl (C=O) groups is 1. The van der Waals surface area contributed by atoms with Crippen LogP contribution in [-0.2, 0) is 6.42 Å². The third-order valence-corrected chi connectivity index (χ3v) is 4.05. The second-order valence-electron chi connectivity index (χ2n) is 5.46. The maximum absolute atomic E-state index is 12.1. The number of rotatable bonds is 1. The lowest BCUT2D eigenvalue weighted by molar-refractivity contribution is 0.0971. The van der Waals surface area contributed by atoms with Crippen molar-refractivity contribution in [3.05, 3.63) is 53.3 Å². The molecule has 0 spiro atoms. The summed E-state index contributed by atoms with van der Waals surface area (Å²) in [6.07, 6.45) is 2.41. The molecule has 1 aliphatic carbocycles. The van der Waals surface area contributed by atoms with Crippen molar-refractivity contribution in [1.29, 1.82) is 0 Å². The van der Waals surface area contributed by atoms with Crippen LogP contribution >= 0.6 is 0 Å². The molecule has 0 saturated carbocycles. The monoisotopic (exact) mass is 277 g/mol. The fraction of sp³-hybridized carbons (Fsp3) is 0.235. The Hall–Kier alpha value is -2.49. The van der Waals surface area contributed by atoms with Crippen LogP contribution in [0.4, 0.5) is 0 Å². The Morgan fingerprint density at radius 2 is 1.95 bits per heavy atom. The fourth-order valence-corrected chi connectivity index (χ4v) is 3.07. The number of para-hydroxylation sites is 1. The summed E-state index contributed by atoms with van der Waals surface area (Å²) in [6, 6.07) is 12.0. The van der Waals surface area contributed by atoms with Crippen molar-refractivity contribution in [2.24, 2.45) is 0 Å². The molecule has 2 heterocycles.